The number of nitrogens with zero attached hydrogens (tertiary/aromatic N) is 1. The molecule has 2 rings (SSSR count). The van der Waals surface area contributed by atoms with E-state index in [0.717, 1.165) is 13.1 Å². The third-order valence-electron chi connectivity index (χ3n) is 3.68. The van der Waals surface area contributed by atoms with Crippen LogP contribution in [-0.4, -0.2) is 43.8 Å². The van der Waals surface area contributed by atoms with Gasteiger partial charge < -0.3 is 9.47 Å². The molecule has 0 bridgehead atoms. The topological polar surface area (TPSA) is 38.8 Å². The van der Waals surface area contributed by atoms with Gasteiger partial charge in [0.2, 0.25) is 0 Å². The Morgan fingerprint density at radius 3 is 2.58 bits per heavy atom. The number of ether oxygens (including phenoxy) is 2. The third kappa shape index (κ3) is 3.33. The molecule has 0 spiro atoms. The third-order valence-corrected chi connectivity index (χ3v) is 3.68. The van der Waals surface area contributed by atoms with E-state index in [0.29, 0.717) is 6.42 Å². The molecule has 19 heavy (non-hydrogen) atoms. The number of benzene rings is 1. The summed E-state index contributed by atoms with van der Waals surface area (Å²) in [7, 11) is 3.13. The van der Waals surface area contributed by atoms with Crippen molar-refractivity contribution in [3.05, 3.63) is 35.4 Å². The Bertz CT molecular complexity index is 430. The van der Waals surface area contributed by atoms with Crippen molar-refractivity contribution >= 4 is 5.97 Å². The summed E-state index contributed by atoms with van der Waals surface area (Å²) >= 11 is 0. The minimum absolute atomic E-state index is 0.106. The summed E-state index contributed by atoms with van der Waals surface area (Å²) in [4.78, 5) is 13.9. The minimum Gasteiger partial charge on any atom is -0.468 e. The highest BCUT2D eigenvalue weighted by atomic mass is 16.5. The Hall–Kier alpha value is -1.39. The fourth-order valence-corrected chi connectivity index (χ4v) is 2.52. The van der Waals surface area contributed by atoms with E-state index in [1.165, 1.54) is 18.2 Å². The first-order chi connectivity index (χ1) is 9.13. The van der Waals surface area contributed by atoms with Crippen LogP contribution < -0.4 is 0 Å². The van der Waals surface area contributed by atoms with E-state index in [2.05, 4.69) is 36.1 Å². The van der Waals surface area contributed by atoms with E-state index in [1.807, 2.05) is 0 Å². The van der Waals surface area contributed by atoms with E-state index < -0.39 is 0 Å². The summed E-state index contributed by atoms with van der Waals surface area (Å²) in [5, 5.41) is 0. The maximum atomic E-state index is 11.8. The second kappa shape index (κ2) is 6.17. The van der Waals surface area contributed by atoms with Gasteiger partial charge in [0.1, 0.15) is 6.04 Å². The molecule has 0 saturated carbocycles. The lowest BCUT2D eigenvalue weighted by Gasteiger charge is -2.22. The molecule has 0 aliphatic carbocycles. The smallest absolute Gasteiger partial charge is 0.323 e. The zero-order chi connectivity index (χ0) is 13.8. The highest BCUT2D eigenvalue weighted by Gasteiger charge is 2.37. The molecule has 0 unspecified atom stereocenters. The van der Waals surface area contributed by atoms with Crippen molar-refractivity contribution in [1.29, 1.82) is 0 Å². The predicted octanol–water partition coefficient (Wildman–Crippen LogP) is 1.76. The van der Waals surface area contributed by atoms with Crippen LogP contribution in [0.1, 0.15) is 17.5 Å². The molecule has 0 radical (unpaired) electrons. The molecule has 4 heteroatoms. The molecule has 4 nitrogen and oxygen atoms in total. The van der Waals surface area contributed by atoms with Gasteiger partial charge >= 0.3 is 5.97 Å². The average Bonchev–Trinajstić information content (AvgIpc) is 2.83. The Balaban J connectivity index is 2.07. The molecule has 2 atom stereocenters. The monoisotopic (exact) mass is 263 g/mol. The number of likely N-dealkylation sites (tertiary alicyclic amines) is 1. The van der Waals surface area contributed by atoms with Crippen molar-refractivity contribution in [1.82, 2.24) is 4.90 Å². The van der Waals surface area contributed by atoms with E-state index in [4.69, 9.17) is 9.47 Å². The first-order valence-electron chi connectivity index (χ1n) is 6.54. The molecule has 0 aromatic heterocycles. The Morgan fingerprint density at radius 2 is 2.00 bits per heavy atom. The zero-order valence-electron chi connectivity index (χ0n) is 11.8. The molecule has 1 aliphatic heterocycles. The Kier molecular flexibility index (Phi) is 4.56. The quantitative estimate of drug-likeness (QED) is 0.776. The van der Waals surface area contributed by atoms with Crippen LogP contribution in [0.3, 0.4) is 0 Å². The van der Waals surface area contributed by atoms with Crippen molar-refractivity contribution in [3.63, 3.8) is 0 Å². The van der Waals surface area contributed by atoms with Gasteiger partial charge in [0.15, 0.2) is 0 Å². The number of hydrogen-bond donors (Lipinski definition) is 0. The highest BCUT2D eigenvalue weighted by Crippen LogP contribution is 2.23. The van der Waals surface area contributed by atoms with Gasteiger partial charge in [-0.15, -0.1) is 0 Å². The summed E-state index contributed by atoms with van der Waals surface area (Å²) in [5.41, 5.74) is 2.45. The lowest BCUT2D eigenvalue weighted by molar-refractivity contribution is -0.146. The molecule has 1 aromatic rings. The zero-order valence-corrected chi connectivity index (χ0v) is 11.8. The number of carbonyl (C=O) groups is 1. The highest BCUT2D eigenvalue weighted by molar-refractivity contribution is 5.76. The number of esters is 1. The van der Waals surface area contributed by atoms with E-state index in [-0.39, 0.29) is 18.1 Å². The standard InChI is InChI=1S/C15H21NO3/c1-11-4-6-12(7-5-11)9-16-10-13(18-2)8-14(16)15(17)19-3/h4-7,13-14H,8-10H2,1-3H3/t13-,14+/m1/s1. The number of hydrogen-bond acceptors (Lipinski definition) is 4. The van der Waals surface area contributed by atoms with Gasteiger partial charge in [0, 0.05) is 26.6 Å². The lowest BCUT2D eigenvalue weighted by atomic mass is 10.1. The van der Waals surface area contributed by atoms with Gasteiger partial charge in [-0.25, -0.2) is 0 Å². The Labute approximate surface area is 114 Å². The van der Waals surface area contributed by atoms with Crippen molar-refractivity contribution in [2.45, 2.75) is 32.0 Å². The maximum Gasteiger partial charge on any atom is 0.323 e. The van der Waals surface area contributed by atoms with Crippen LogP contribution in [0, 0.1) is 6.92 Å². The first kappa shape index (κ1) is 14.0. The molecule has 1 saturated heterocycles. The number of methoxy groups -OCH3 is 2. The van der Waals surface area contributed by atoms with Crippen molar-refractivity contribution in [3.8, 4) is 0 Å². The molecule has 1 fully saturated rings. The Morgan fingerprint density at radius 1 is 1.32 bits per heavy atom. The molecule has 1 heterocycles. The summed E-state index contributed by atoms with van der Waals surface area (Å²) in [5.74, 6) is -0.174. The molecule has 0 N–H and O–H groups in total. The molecule has 0 amide bonds. The first-order valence-corrected chi connectivity index (χ1v) is 6.54. The summed E-state index contributed by atoms with van der Waals surface area (Å²) in [6.45, 7) is 3.59. The van der Waals surface area contributed by atoms with Gasteiger partial charge in [0.25, 0.3) is 0 Å². The molecule has 1 aromatic carbocycles. The van der Waals surface area contributed by atoms with Gasteiger partial charge in [-0.2, -0.15) is 0 Å². The van der Waals surface area contributed by atoms with Crippen LogP contribution in [0.15, 0.2) is 24.3 Å². The van der Waals surface area contributed by atoms with Crippen LogP contribution in [0.2, 0.25) is 0 Å². The van der Waals surface area contributed by atoms with E-state index >= 15 is 0 Å². The molecular formula is C15H21NO3. The van der Waals surface area contributed by atoms with Gasteiger partial charge in [-0.1, -0.05) is 29.8 Å². The van der Waals surface area contributed by atoms with Crippen LogP contribution in [0.5, 0.6) is 0 Å². The number of rotatable bonds is 4. The van der Waals surface area contributed by atoms with Gasteiger partial charge in [0.05, 0.1) is 13.2 Å². The molecule has 1 aliphatic rings. The SMILES string of the molecule is COC(=O)[C@@H]1C[C@@H](OC)CN1Cc1ccc(C)cc1. The van der Waals surface area contributed by atoms with Gasteiger partial charge in [-0.05, 0) is 12.5 Å². The van der Waals surface area contributed by atoms with E-state index in [9.17, 15) is 4.79 Å². The fraction of sp³-hybridized carbons (Fsp3) is 0.533. The predicted molar refractivity (Wildman–Crippen MR) is 72.8 cm³/mol. The van der Waals surface area contributed by atoms with Crippen LogP contribution >= 0.6 is 0 Å². The van der Waals surface area contributed by atoms with Crippen LogP contribution in [-0.2, 0) is 20.8 Å². The molecule has 104 valence electrons. The largest absolute Gasteiger partial charge is 0.468 e. The summed E-state index contributed by atoms with van der Waals surface area (Å²) in [6, 6.07) is 8.18. The van der Waals surface area contributed by atoms with Gasteiger partial charge in [-0.3, -0.25) is 9.69 Å². The van der Waals surface area contributed by atoms with Crippen molar-refractivity contribution in [2.24, 2.45) is 0 Å². The number of carbonyl (C=O) groups excluding carboxylic acids is 1. The summed E-state index contributed by atoms with van der Waals surface area (Å²) in [6.07, 6.45) is 0.809. The maximum absolute atomic E-state index is 11.8. The minimum atomic E-state index is -0.198. The second-order valence-corrected chi connectivity index (χ2v) is 5.05. The average molecular weight is 263 g/mol. The van der Waals surface area contributed by atoms with Crippen LogP contribution in [0.4, 0.5) is 0 Å². The fourth-order valence-electron chi connectivity index (χ4n) is 2.52. The van der Waals surface area contributed by atoms with Crippen molar-refractivity contribution < 1.29 is 14.3 Å². The number of aryl methyl sites for hydroxylation is 1. The normalized spacial score (nSPS) is 23.5. The molecular weight excluding hydrogens is 242 g/mol. The van der Waals surface area contributed by atoms with E-state index in [1.54, 1.807) is 7.11 Å². The van der Waals surface area contributed by atoms with Crippen LogP contribution in [0.25, 0.3) is 0 Å². The second-order valence-electron chi connectivity index (χ2n) is 5.05. The lowest BCUT2D eigenvalue weighted by Crippen LogP contribution is -2.36. The van der Waals surface area contributed by atoms with Crippen molar-refractivity contribution in [2.75, 3.05) is 20.8 Å². The summed E-state index contributed by atoms with van der Waals surface area (Å²) < 4.78 is 10.3.